The van der Waals surface area contributed by atoms with E-state index in [1.165, 1.54) is 0 Å². The van der Waals surface area contributed by atoms with Crippen molar-refractivity contribution in [2.75, 3.05) is 12.3 Å². The number of nitrogen functional groups attached to an aromatic ring is 1. The molecule has 14 heavy (non-hydrogen) atoms. The van der Waals surface area contributed by atoms with Gasteiger partial charge in [-0.3, -0.25) is 0 Å². The Balaban J connectivity index is 2.79. The lowest BCUT2D eigenvalue weighted by Gasteiger charge is -2.13. The molecule has 0 spiro atoms. The largest absolute Gasteiger partial charge is 0.494 e. The predicted octanol–water partition coefficient (Wildman–Crippen LogP) is 2.45. The van der Waals surface area contributed by atoms with Crippen molar-refractivity contribution in [3.8, 4) is 11.5 Å². The molecule has 0 aliphatic carbocycles. The molecule has 0 saturated heterocycles. The first-order valence-corrected chi connectivity index (χ1v) is 4.82. The van der Waals surface area contributed by atoms with Gasteiger partial charge < -0.3 is 15.2 Å². The van der Waals surface area contributed by atoms with Crippen molar-refractivity contribution in [2.24, 2.45) is 0 Å². The third kappa shape index (κ3) is 2.83. The minimum atomic E-state index is 0.134. The number of nitrogens with two attached hydrogens (primary N) is 1. The maximum Gasteiger partial charge on any atom is 0.142 e. The molecule has 2 N–H and O–H groups in total. The first kappa shape index (κ1) is 10.7. The number of ether oxygens (including phenoxy) is 2. The molecule has 0 heterocycles. The van der Waals surface area contributed by atoms with Crippen molar-refractivity contribution in [3.05, 3.63) is 18.2 Å². The van der Waals surface area contributed by atoms with Crippen LogP contribution in [0.5, 0.6) is 11.5 Å². The van der Waals surface area contributed by atoms with Crippen molar-refractivity contribution < 1.29 is 9.47 Å². The normalized spacial score (nSPS) is 10.3. The smallest absolute Gasteiger partial charge is 0.142 e. The topological polar surface area (TPSA) is 44.5 Å². The van der Waals surface area contributed by atoms with Crippen LogP contribution in [0.25, 0.3) is 0 Å². The molecule has 78 valence electrons. The minimum Gasteiger partial charge on any atom is -0.494 e. The predicted molar refractivity (Wildman–Crippen MR) is 57.8 cm³/mol. The van der Waals surface area contributed by atoms with Crippen LogP contribution in [-0.4, -0.2) is 12.7 Å². The Hall–Kier alpha value is -1.38. The summed E-state index contributed by atoms with van der Waals surface area (Å²) in [6.45, 7) is 6.52. The summed E-state index contributed by atoms with van der Waals surface area (Å²) >= 11 is 0. The van der Waals surface area contributed by atoms with Crippen molar-refractivity contribution in [3.63, 3.8) is 0 Å². The number of rotatable bonds is 4. The number of benzene rings is 1. The number of hydrogen-bond acceptors (Lipinski definition) is 3. The summed E-state index contributed by atoms with van der Waals surface area (Å²) in [5.41, 5.74) is 6.41. The molecular formula is C11H17NO2. The van der Waals surface area contributed by atoms with Gasteiger partial charge in [-0.2, -0.15) is 0 Å². The van der Waals surface area contributed by atoms with Crippen LogP contribution in [0.4, 0.5) is 5.69 Å². The number of hydrogen-bond donors (Lipinski definition) is 1. The monoisotopic (exact) mass is 195 g/mol. The Morgan fingerprint density at radius 2 is 2.07 bits per heavy atom. The van der Waals surface area contributed by atoms with Gasteiger partial charge in [0.25, 0.3) is 0 Å². The van der Waals surface area contributed by atoms with Crippen molar-refractivity contribution >= 4 is 5.69 Å². The van der Waals surface area contributed by atoms with Crippen molar-refractivity contribution in [1.82, 2.24) is 0 Å². The van der Waals surface area contributed by atoms with Crippen LogP contribution in [0.3, 0.4) is 0 Å². The fourth-order valence-corrected chi connectivity index (χ4v) is 1.14. The highest BCUT2D eigenvalue weighted by atomic mass is 16.5. The van der Waals surface area contributed by atoms with E-state index in [1.807, 2.05) is 32.9 Å². The summed E-state index contributed by atoms with van der Waals surface area (Å²) < 4.78 is 10.8. The molecule has 0 bridgehead atoms. The Kier molecular flexibility index (Phi) is 3.63. The van der Waals surface area contributed by atoms with E-state index >= 15 is 0 Å². The molecule has 0 radical (unpaired) electrons. The minimum absolute atomic E-state index is 0.134. The lowest BCUT2D eigenvalue weighted by atomic mass is 10.3. The van der Waals surface area contributed by atoms with Crippen LogP contribution in [0.1, 0.15) is 20.8 Å². The molecule has 1 aromatic carbocycles. The van der Waals surface area contributed by atoms with Crippen molar-refractivity contribution in [1.29, 1.82) is 0 Å². The molecule has 0 atom stereocenters. The first-order chi connectivity index (χ1) is 6.63. The zero-order valence-electron chi connectivity index (χ0n) is 8.91. The molecule has 0 saturated carbocycles. The van der Waals surface area contributed by atoms with Gasteiger partial charge in [0.05, 0.1) is 18.4 Å². The van der Waals surface area contributed by atoms with Crippen molar-refractivity contribution in [2.45, 2.75) is 26.9 Å². The van der Waals surface area contributed by atoms with E-state index in [4.69, 9.17) is 15.2 Å². The van der Waals surface area contributed by atoms with Crippen LogP contribution >= 0.6 is 0 Å². The highest BCUT2D eigenvalue weighted by Crippen LogP contribution is 2.27. The fourth-order valence-electron chi connectivity index (χ4n) is 1.14. The molecule has 3 heteroatoms. The summed E-state index contributed by atoms with van der Waals surface area (Å²) in [7, 11) is 0. The van der Waals surface area contributed by atoms with E-state index in [0.29, 0.717) is 18.0 Å². The summed E-state index contributed by atoms with van der Waals surface area (Å²) in [5, 5.41) is 0. The molecule has 3 nitrogen and oxygen atoms in total. The molecule has 0 fully saturated rings. The van der Waals surface area contributed by atoms with E-state index in [2.05, 4.69) is 0 Å². The SMILES string of the molecule is CCOc1ccc(OC(C)C)c(N)c1. The van der Waals surface area contributed by atoms with E-state index in [1.54, 1.807) is 6.07 Å². The second-order valence-electron chi connectivity index (χ2n) is 3.30. The molecule has 0 amide bonds. The maximum absolute atomic E-state index is 5.79. The lowest BCUT2D eigenvalue weighted by Crippen LogP contribution is -2.07. The van der Waals surface area contributed by atoms with Gasteiger partial charge in [-0.25, -0.2) is 0 Å². The first-order valence-electron chi connectivity index (χ1n) is 4.82. The standard InChI is InChI=1S/C11H17NO2/c1-4-13-9-5-6-11(10(12)7-9)14-8(2)3/h5-8H,4,12H2,1-3H3. The van der Waals surface area contributed by atoms with Gasteiger partial charge >= 0.3 is 0 Å². The highest BCUT2D eigenvalue weighted by molar-refractivity contribution is 5.56. The number of anilines is 1. The van der Waals surface area contributed by atoms with Crippen LogP contribution in [0, 0.1) is 0 Å². The van der Waals surface area contributed by atoms with Gasteiger partial charge in [0.2, 0.25) is 0 Å². The van der Waals surface area contributed by atoms with Gasteiger partial charge in [0, 0.05) is 6.07 Å². The Bertz CT molecular complexity index is 297. The molecule has 0 unspecified atom stereocenters. The zero-order chi connectivity index (χ0) is 10.6. The third-order valence-corrected chi connectivity index (χ3v) is 1.65. The third-order valence-electron chi connectivity index (χ3n) is 1.65. The van der Waals surface area contributed by atoms with Crippen LogP contribution in [-0.2, 0) is 0 Å². The Labute approximate surface area is 84.8 Å². The van der Waals surface area contributed by atoms with Gasteiger partial charge in [-0.1, -0.05) is 0 Å². The quantitative estimate of drug-likeness (QED) is 0.750. The summed E-state index contributed by atoms with van der Waals surface area (Å²) in [4.78, 5) is 0. The zero-order valence-corrected chi connectivity index (χ0v) is 8.91. The summed E-state index contributed by atoms with van der Waals surface area (Å²) in [6.07, 6.45) is 0.134. The molecule has 0 aromatic heterocycles. The molecule has 0 aliphatic rings. The maximum atomic E-state index is 5.79. The Morgan fingerprint density at radius 1 is 1.36 bits per heavy atom. The van der Waals surface area contributed by atoms with E-state index in [-0.39, 0.29) is 6.10 Å². The van der Waals surface area contributed by atoms with E-state index < -0.39 is 0 Å². The van der Waals surface area contributed by atoms with Gasteiger partial charge in [0.15, 0.2) is 0 Å². The second kappa shape index (κ2) is 4.74. The molecule has 0 aliphatic heterocycles. The van der Waals surface area contributed by atoms with E-state index in [0.717, 1.165) is 5.75 Å². The fraction of sp³-hybridized carbons (Fsp3) is 0.455. The Morgan fingerprint density at radius 3 is 2.57 bits per heavy atom. The second-order valence-corrected chi connectivity index (χ2v) is 3.30. The molecular weight excluding hydrogens is 178 g/mol. The van der Waals surface area contributed by atoms with E-state index in [9.17, 15) is 0 Å². The molecule has 1 rings (SSSR count). The lowest BCUT2D eigenvalue weighted by molar-refractivity contribution is 0.243. The van der Waals surface area contributed by atoms with Crippen LogP contribution < -0.4 is 15.2 Å². The summed E-state index contributed by atoms with van der Waals surface area (Å²) in [6, 6.07) is 5.47. The average Bonchev–Trinajstić information content (AvgIpc) is 2.10. The highest BCUT2D eigenvalue weighted by Gasteiger charge is 2.03. The van der Waals surface area contributed by atoms with Gasteiger partial charge in [-0.15, -0.1) is 0 Å². The van der Waals surface area contributed by atoms with Gasteiger partial charge in [-0.05, 0) is 32.9 Å². The summed E-state index contributed by atoms with van der Waals surface area (Å²) in [5.74, 6) is 1.49. The van der Waals surface area contributed by atoms with Crippen LogP contribution in [0.15, 0.2) is 18.2 Å². The van der Waals surface area contributed by atoms with Gasteiger partial charge in [0.1, 0.15) is 11.5 Å². The average molecular weight is 195 g/mol. The molecule has 1 aromatic rings. The van der Waals surface area contributed by atoms with Crippen LogP contribution in [0.2, 0.25) is 0 Å².